The minimum Gasteiger partial charge on any atom is -0.871 e. The Kier molecular flexibility index (Phi) is 5.55. The molecule has 0 aliphatic carbocycles. The van der Waals surface area contributed by atoms with E-state index in [9.17, 15) is 48.3 Å². The van der Waals surface area contributed by atoms with Crippen LogP contribution >= 0.6 is 0 Å². The molecule has 0 radical (unpaired) electrons. The zero-order valence-corrected chi connectivity index (χ0v) is 13.6. The Bertz CT molecular complexity index is 817. The highest BCUT2D eigenvalue weighted by atomic mass is 32.2. The van der Waals surface area contributed by atoms with Crippen LogP contribution in [0, 0.1) is 0 Å². The maximum atomic E-state index is 12.6. The number of hydrogen-bond donors (Lipinski definition) is 0. The molecule has 142 valence electrons. The molecule has 0 heterocycles. The molecule has 0 unspecified atom stereocenters. The van der Waals surface area contributed by atoms with Crippen molar-refractivity contribution in [3.63, 3.8) is 0 Å². The largest absolute Gasteiger partial charge is 0.871 e. The molecule has 0 aliphatic rings. The molecule has 0 fully saturated rings. The normalized spacial score (nSPS) is 13.7. The Morgan fingerprint density at radius 3 is 1.56 bits per heavy atom. The molecule has 1 rings (SSSR count). The van der Waals surface area contributed by atoms with Gasteiger partial charge in [0, 0.05) is 0 Å². The van der Waals surface area contributed by atoms with Crippen LogP contribution in [0.15, 0.2) is 34.6 Å². The van der Waals surface area contributed by atoms with Gasteiger partial charge in [-0.05, 0) is 30.5 Å². The van der Waals surface area contributed by atoms with Crippen LogP contribution in [0.3, 0.4) is 0 Å². The highest BCUT2D eigenvalue weighted by Crippen LogP contribution is 2.41. The second-order valence-corrected chi connectivity index (χ2v) is 8.47. The van der Waals surface area contributed by atoms with Crippen LogP contribution in [0.25, 0.3) is 0 Å². The van der Waals surface area contributed by atoms with Crippen molar-refractivity contribution in [3.8, 4) is 5.75 Å². The van der Waals surface area contributed by atoms with Crippen LogP contribution in [-0.4, -0.2) is 27.9 Å². The molecule has 1 aromatic rings. The SMILES string of the molecule is C=CCCc1cc(S(=O)(=O)C(F)(F)F)c([O-])c(S(=O)(=O)C(F)(F)F)c1. The zero-order chi connectivity index (χ0) is 19.8. The average molecular weight is 411 g/mol. The molecule has 1 aromatic carbocycles. The summed E-state index contributed by atoms with van der Waals surface area (Å²) in [6.45, 7) is 3.26. The lowest BCUT2D eigenvalue weighted by Crippen LogP contribution is -2.28. The van der Waals surface area contributed by atoms with Crippen LogP contribution < -0.4 is 5.11 Å². The van der Waals surface area contributed by atoms with E-state index in [2.05, 4.69) is 6.58 Å². The van der Waals surface area contributed by atoms with Gasteiger partial charge in [0.2, 0.25) is 0 Å². The Morgan fingerprint density at radius 1 is 0.920 bits per heavy atom. The Balaban J connectivity index is 3.89. The van der Waals surface area contributed by atoms with Crippen molar-refractivity contribution in [2.75, 3.05) is 0 Å². The Hall–Kier alpha value is -1.76. The van der Waals surface area contributed by atoms with E-state index in [1.807, 2.05) is 0 Å². The Morgan fingerprint density at radius 2 is 1.28 bits per heavy atom. The summed E-state index contributed by atoms with van der Waals surface area (Å²) < 4.78 is 121. The highest BCUT2D eigenvalue weighted by Gasteiger charge is 2.50. The fourth-order valence-electron chi connectivity index (χ4n) is 1.69. The first-order valence-electron chi connectivity index (χ1n) is 6.15. The van der Waals surface area contributed by atoms with Gasteiger partial charge in [-0.25, -0.2) is 16.8 Å². The number of hydrogen-bond acceptors (Lipinski definition) is 5. The Labute approximate surface area is 138 Å². The number of sulfone groups is 2. The van der Waals surface area contributed by atoms with Gasteiger partial charge < -0.3 is 5.11 Å². The lowest BCUT2D eigenvalue weighted by Gasteiger charge is -2.22. The summed E-state index contributed by atoms with van der Waals surface area (Å²) in [6.07, 6.45) is 0.862. The summed E-state index contributed by atoms with van der Waals surface area (Å²) in [6, 6.07) is 0.425. The predicted molar refractivity (Wildman–Crippen MR) is 70.9 cm³/mol. The van der Waals surface area contributed by atoms with E-state index in [-0.39, 0.29) is 25.0 Å². The fraction of sp³-hybridized carbons (Fsp3) is 0.333. The lowest BCUT2D eigenvalue weighted by molar-refractivity contribution is -0.277. The standard InChI is InChI=1S/C12H10F6O5S2/c1-2-3-4-7-5-8(24(20,21)11(13,14)15)10(19)9(6-7)25(22,23)12(16,17)18/h2,5-6,19H,1,3-4H2/p-1. The highest BCUT2D eigenvalue weighted by molar-refractivity contribution is 7.93. The van der Waals surface area contributed by atoms with Crippen LogP contribution in [0.1, 0.15) is 12.0 Å². The summed E-state index contributed by atoms with van der Waals surface area (Å²) in [4.78, 5) is -4.16. The molecule has 5 nitrogen and oxygen atoms in total. The summed E-state index contributed by atoms with van der Waals surface area (Å²) >= 11 is 0. The summed E-state index contributed by atoms with van der Waals surface area (Å²) in [5.41, 5.74) is -12.5. The molecule has 25 heavy (non-hydrogen) atoms. The third kappa shape index (κ3) is 3.92. The second-order valence-electron chi connectivity index (χ2n) is 4.65. The van der Waals surface area contributed by atoms with Crippen molar-refractivity contribution < 1.29 is 48.3 Å². The quantitative estimate of drug-likeness (QED) is 0.548. The third-order valence-electron chi connectivity index (χ3n) is 2.91. The molecule has 0 aromatic heterocycles. The maximum Gasteiger partial charge on any atom is 0.501 e. The van der Waals surface area contributed by atoms with Gasteiger partial charge in [0.25, 0.3) is 19.7 Å². The lowest BCUT2D eigenvalue weighted by atomic mass is 10.1. The topological polar surface area (TPSA) is 91.3 Å². The second kappa shape index (κ2) is 6.52. The van der Waals surface area contributed by atoms with Crippen LogP contribution in [0.5, 0.6) is 5.75 Å². The van der Waals surface area contributed by atoms with E-state index in [0.717, 1.165) is 0 Å². The van der Waals surface area contributed by atoms with E-state index >= 15 is 0 Å². The van der Waals surface area contributed by atoms with E-state index < -0.39 is 51.8 Å². The number of rotatable bonds is 5. The van der Waals surface area contributed by atoms with Gasteiger partial charge in [-0.3, -0.25) is 0 Å². The summed E-state index contributed by atoms with van der Waals surface area (Å²) in [5.74, 6) is -2.39. The molecule has 0 saturated carbocycles. The maximum absolute atomic E-state index is 12.6. The number of alkyl halides is 6. The van der Waals surface area contributed by atoms with Gasteiger partial charge in [-0.15, -0.1) is 6.58 Å². The van der Waals surface area contributed by atoms with Crippen LogP contribution in [0.2, 0.25) is 0 Å². The predicted octanol–water partition coefficient (Wildman–Crippen LogP) is 2.47. The number of aryl methyl sites for hydroxylation is 1. The molecular formula is C12H9F6O5S2-. The van der Waals surface area contributed by atoms with E-state index in [0.29, 0.717) is 0 Å². The van der Waals surface area contributed by atoms with E-state index in [1.165, 1.54) is 6.08 Å². The van der Waals surface area contributed by atoms with Crippen molar-refractivity contribution >= 4 is 19.7 Å². The number of allylic oxidation sites excluding steroid dienone is 1. The van der Waals surface area contributed by atoms with Crippen molar-refractivity contribution in [3.05, 3.63) is 30.4 Å². The third-order valence-corrected chi connectivity index (χ3v) is 5.89. The summed E-state index contributed by atoms with van der Waals surface area (Å²) in [7, 11) is -12.7. The molecule has 0 amide bonds. The van der Waals surface area contributed by atoms with E-state index in [4.69, 9.17) is 0 Å². The molecule has 0 N–H and O–H groups in total. The van der Waals surface area contributed by atoms with Crippen molar-refractivity contribution in [1.82, 2.24) is 0 Å². The minimum absolute atomic E-state index is 0.0186. The first kappa shape index (κ1) is 21.3. The number of halogens is 6. The molecule has 0 atom stereocenters. The molecule has 0 aliphatic heterocycles. The van der Waals surface area contributed by atoms with Crippen LogP contribution in [0.4, 0.5) is 26.3 Å². The molecule has 0 saturated heterocycles. The smallest absolute Gasteiger partial charge is 0.501 e. The van der Waals surface area contributed by atoms with Gasteiger partial charge in [-0.1, -0.05) is 11.8 Å². The first-order chi connectivity index (χ1) is 11.1. The van der Waals surface area contributed by atoms with E-state index in [1.54, 1.807) is 0 Å². The van der Waals surface area contributed by atoms with Crippen molar-refractivity contribution in [1.29, 1.82) is 0 Å². The van der Waals surface area contributed by atoms with Crippen molar-refractivity contribution in [2.45, 2.75) is 33.6 Å². The average Bonchev–Trinajstić information content (AvgIpc) is 2.43. The molecular weight excluding hydrogens is 402 g/mol. The zero-order valence-electron chi connectivity index (χ0n) is 12.0. The number of benzene rings is 1. The van der Waals surface area contributed by atoms with Gasteiger partial charge in [0.15, 0.2) is 0 Å². The molecule has 13 heteroatoms. The van der Waals surface area contributed by atoms with Gasteiger partial charge in [0.05, 0.1) is 9.79 Å². The van der Waals surface area contributed by atoms with Crippen molar-refractivity contribution in [2.24, 2.45) is 0 Å². The molecule has 0 spiro atoms. The van der Waals surface area contributed by atoms with Gasteiger partial charge in [-0.2, -0.15) is 26.3 Å². The van der Waals surface area contributed by atoms with Crippen LogP contribution in [-0.2, 0) is 26.1 Å². The summed E-state index contributed by atoms with van der Waals surface area (Å²) in [5, 5.41) is 11.8. The molecule has 0 bridgehead atoms. The van der Waals surface area contributed by atoms with Gasteiger partial charge in [0.1, 0.15) is 0 Å². The fourth-order valence-corrected chi connectivity index (χ4v) is 3.58. The first-order valence-corrected chi connectivity index (χ1v) is 9.11. The minimum atomic E-state index is -6.35. The monoisotopic (exact) mass is 411 g/mol. The van der Waals surface area contributed by atoms with Gasteiger partial charge >= 0.3 is 11.0 Å².